The van der Waals surface area contributed by atoms with Crippen LogP contribution in [0, 0.1) is 5.82 Å². The molecule has 1 unspecified atom stereocenters. The summed E-state index contributed by atoms with van der Waals surface area (Å²) < 4.78 is 13.4. The number of halogens is 1. The number of thioether (sulfide) groups is 1. The molecule has 0 aliphatic carbocycles. The van der Waals surface area contributed by atoms with E-state index < -0.39 is 11.7 Å². The van der Waals surface area contributed by atoms with Crippen LogP contribution in [0.25, 0.3) is 0 Å². The Labute approximate surface area is 105 Å². The predicted octanol–water partition coefficient (Wildman–Crippen LogP) is 2.28. The number of nitrogen functional groups attached to an aromatic ring is 1. The van der Waals surface area contributed by atoms with Gasteiger partial charge in [0.2, 0.25) is 0 Å². The molecule has 0 heterocycles. The van der Waals surface area contributed by atoms with Gasteiger partial charge in [0.15, 0.2) is 0 Å². The van der Waals surface area contributed by atoms with Crippen LogP contribution in [-0.4, -0.2) is 23.5 Å². The summed E-state index contributed by atoms with van der Waals surface area (Å²) in [6, 6.07) is 4.00. The molecule has 1 aromatic carbocycles. The van der Waals surface area contributed by atoms with Crippen molar-refractivity contribution in [1.29, 1.82) is 0 Å². The predicted molar refractivity (Wildman–Crippen MR) is 70.7 cm³/mol. The molecule has 1 aromatic rings. The summed E-state index contributed by atoms with van der Waals surface area (Å²) in [5.41, 5.74) is 5.91. The molecule has 0 spiro atoms. The maximum Gasteiger partial charge on any atom is 0.254 e. The third-order valence-electron chi connectivity index (χ3n) is 2.18. The smallest absolute Gasteiger partial charge is 0.254 e. The molecule has 0 saturated carbocycles. The van der Waals surface area contributed by atoms with Crippen LogP contribution in [-0.2, 0) is 0 Å². The third-order valence-corrected chi connectivity index (χ3v) is 3.33. The molecule has 0 aromatic heterocycles. The first-order chi connectivity index (χ1) is 8.04. The minimum Gasteiger partial charge on any atom is -0.399 e. The van der Waals surface area contributed by atoms with Crippen molar-refractivity contribution in [3.8, 4) is 0 Å². The van der Waals surface area contributed by atoms with Crippen LogP contribution in [0.5, 0.6) is 0 Å². The van der Waals surface area contributed by atoms with Gasteiger partial charge >= 0.3 is 0 Å². The quantitative estimate of drug-likeness (QED) is 0.795. The van der Waals surface area contributed by atoms with Gasteiger partial charge in [0.25, 0.3) is 5.91 Å². The molecular weight excluding hydrogens is 239 g/mol. The fourth-order valence-electron chi connectivity index (χ4n) is 1.35. The maximum atomic E-state index is 13.4. The number of hydrogen-bond acceptors (Lipinski definition) is 3. The van der Waals surface area contributed by atoms with E-state index in [2.05, 4.69) is 12.2 Å². The van der Waals surface area contributed by atoms with Gasteiger partial charge in [-0.1, -0.05) is 6.92 Å². The molecule has 0 aliphatic heterocycles. The van der Waals surface area contributed by atoms with Crippen LogP contribution >= 0.6 is 11.8 Å². The Hall–Kier alpha value is -1.23. The first kappa shape index (κ1) is 13.8. The van der Waals surface area contributed by atoms with Crippen molar-refractivity contribution in [2.75, 3.05) is 17.2 Å². The number of carbonyl (C=O) groups is 1. The molecule has 94 valence electrons. The first-order valence-corrected chi connectivity index (χ1v) is 6.63. The van der Waals surface area contributed by atoms with Gasteiger partial charge in [0.05, 0.1) is 5.56 Å². The van der Waals surface area contributed by atoms with Gasteiger partial charge in [0, 0.05) is 17.5 Å². The number of rotatable bonds is 5. The molecule has 1 rings (SSSR count). The molecule has 3 nitrogen and oxygen atoms in total. The molecular formula is C12H17FN2OS. The van der Waals surface area contributed by atoms with E-state index in [1.54, 1.807) is 11.8 Å². The lowest BCUT2D eigenvalue weighted by atomic mass is 10.1. The summed E-state index contributed by atoms with van der Waals surface area (Å²) >= 11 is 1.73. The SMILES string of the molecule is CCSCC(C)NC(=O)c1cc(N)ccc1F. The van der Waals surface area contributed by atoms with E-state index in [0.717, 1.165) is 11.5 Å². The van der Waals surface area contributed by atoms with Crippen LogP contribution in [0.2, 0.25) is 0 Å². The number of nitrogens with one attached hydrogen (secondary N) is 1. The van der Waals surface area contributed by atoms with E-state index in [1.807, 2.05) is 6.92 Å². The van der Waals surface area contributed by atoms with Crippen molar-refractivity contribution in [1.82, 2.24) is 5.32 Å². The van der Waals surface area contributed by atoms with Crippen molar-refractivity contribution < 1.29 is 9.18 Å². The molecule has 0 saturated heterocycles. The molecule has 0 radical (unpaired) electrons. The van der Waals surface area contributed by atoms with Gasteiger partial charge < -0.3 is 11.1 Å². The van der Waals surface area contributed by atoms with Crippen molar-refractivity contribution in [3.63, 3.8) is 0 Å². The van der Waals surface area contributed by atoms with Gasteiger partial charge in [-0.05, 0) is 30.9 Å². The van der Waals surface area contributed by atoms with E-state index in [0.29, 0.717) is 5.69 Å². The molecule has 5 heteroatoms. The fraction of sp³-hybridized carbons (Fsp3) is 0.417. The standard InChI is InChI=1S/C12H17FN2OS/c1-3-17-7-8(2)15-12(16)10-6-9(14)4-5-11(10)13/h4-6,8H,3,7,14H2,1-2H3,(H,15,16). The van der Waals surface area contributed by atoms with Crippen molar-refractivity contribution in [2.45, 2.75) is 19.9 Å². The zero-order valence-electron chi connectivity index (χ0n) is 10.00. The minimum atomic E-state index is -0.549. The van der Waals surface area contributed by atoms with Crippen LogP contribution in [0.15, 0.2) is 18.2 Å². The Kier molecular flexibility index (Phi) is 5.28. The van der Waals surface area contributed by atoms with Crippen LogP contribution in [0.3, 0.4) is 0 Å². The van der Waals surface area contributed by atoms with E-state index in [-0.39, 0.29) is 11.6 Å². The molecule has 1 amide bonds. The Morgan fingerprint density at radius 1 is 1.59 bits per heavy atom. The summed E-state index contributed by atoms with van der Waals surface area (Å²) in [5.74, 6) is 0.838. The van der Waals surface area contributed by atoms with E-state index in [1.165, 1.54) is 18.2 Å². The average molecular weight is 256 g/mol. The molecule has 3 N–H and O–H groups in total. The fourth-order valence-corrected chi connectivity index (χ4v) is 2.03. The Bertz CT molecular complexity index is 398. The van der Waals surface area contributed by atoms with Crippen molar-refractivity contribution >= 4 is 23.4 Å². The topological polar surface area (TPSA) is 55.1 Å². The maximum absolute atomic E-state index is 13.4. The minimum absolute atomic E-state index is 0.00153. The molecule has 0 bridgehead atoms. The summed E-state index contributed by atoms with van der Waals surface area (Å²) in [7, 11) is 0. The second kappa shape index (κ2) is 6.49. The van der Waals surface area contributed by atoms with Gasteiger partial charge in [-0.25, -0.2) is 4.39 Å². The Morgan fingerprint density at radius 3 is 2.94 bits per heavy atom. The lowest BCUT2D eigenvalue weighted by Gasteiger charge is -2.13. The molecule has 0 fully saturated rings. The number of hydrogen-bond donors (Lipinski definition) is 2. The summed E-state index contributed by atoms with van der Waals surface area (Å²) in [4.78, 5) is 11.8. The van der Waals surface area contributed by atoms with Crippen LogP contribution in [0.4, 0.5) is 10.1 Å². The lowest BCUT2D eigenvalue weighted by molar-refractivity contribution is 0.0940. The molecule has 0 aliphatic rings. The van der Waals surface area contributed by atoms with Crippen LogP contribution in [0.1, 0.15) is 24.2 Å². The normalized spacial score (nSPS) is 12.2. The number of amides is 1. The van der Waals surface area contributed by atoms with Gasteiger partial charge in [0.1, 0.15) is 5.82 Å². The second-order valence-electron chi connectivity index (χ2n) is 3.77. The highest BCUT2D eigenvalue weighted by molar-refractivity contribution is 7.99. The van der Waals surface area contributed by atoms with Crippen molar-refractivity contribution in [3.05, 3.63) is 29.6 Å². The Balaban J connectivity index is 2.66. The van der Waals surface area contributed by atoms with Gasteiger partial charge in [-0.2, -0.15) is 11.8 Å². The Morgan fingerprint density at radius 2 is 2.29 bits per heavy atom. The number of benzene rings is 1. The average Bonchev–Trinajstić information content (AvgIpc) is 2.29. The highest BCUT2D eigenvalue weighted by Crippen LogP contribution is 2.12. The highest BCUT2D eigenvalue weighted by atomic mass is 32.2. The lowest BCUT2D eigenvalue weighted by Crippen LogP contribution is -2.34. The largest absolute Gasteiger partial charge is 0.399 e. The first-order valence-electron chi connectivity index (χ1n) is 5.48. The summed E-state index contributed by atoms with van der Waals surface area (Å²) in [6.45, 7) is 3.95. The molecule has 17 heavy (non-hydrogen) atoms. The number of carbonyl (C=O) groups excluding carboxylic acids is 1. The number of nitrogens with two attached hydrogens (primary N) is 1. The molecule has 1 atom stereocenters. The zero-order chi connectivity index (χ0) is 12.8. The highest BCUT2D eigenvalue weighted by Gasteiger charge is 2.14. The monoisotopic (exact) mass is 256 g/mol. The summed E-state index contributed by atoms with van der Waals surface area (Å²) in [6.07, 6.45) is 0. The van der Waals surface area contributed by atoms with Gasteiger partial charge in [-0.15, -0.1) is 0 Å². The zero-order valence-corrected chi connectivity index (χ0v) is 10.8. The van der Waals surface area contributed by atoms with Crippen LogP contribution < -0.4 is 11.1 Å². The van der Waals surface area contributed by atoms with E-state index in [9.17, 15) is 9.18 Å². The van der Waals surface area contributed by atoms with E-state index >= 15 is 0 Å². The van der Waals surface area contributed by atoms with Gasteiger partial charge in [-0.3, -0.25) is 4.79 Å². The van der Waals surface area contributed by atoms with Crippen molar-refractivity contribution in [2.24, 2.45) is 0 Å². The van der Waals surface area contributed by atoms with E-state index in [4.69, 9.17) is 5.73 Å². The second-order valence-corrected chi connectivity index (χ2v) is 5.09. The summed E-state index contributed by atoms with van der Waals surface area (Å²) in [5, 5.41) is 2.74. The third kappa shape index (κ3) is 4.26. The number of anilines is 1.